The van der Waals surface area contributed by atoms with Gasteiger partial charge >= 0.3 is 0 Å². The lowest BCUT2D eigenvalue weighted by Crippen LogP contribution is -2.48. The van der Waals surface area contributed by atoms with E-state index in [4.69, 9.17) is 4.74 Å². The number of morpholine rings is 1. The Morgan fingerprint density at radius 1 is 1.20 bits per heavy atom. The molecule has 1 aliphatic heterocycles. The van der Waals surface area contributed by atoms with Gasteiger partial charge in [-0.2, -0.15) is 5.10 Å². The molecule has 2 aromatic heterocycles. The largest absolute Gasteiger partial charge is 0.372 e. The van der Waals surface area contributed by atoms with Crippen LogP contribution >= 0.6 is 11.3 Å². The minimum Gasteiger partial charge on any atom is -0.372 e. The fraction of sp³-hybridized carbons (Fsp3) is 0.368. The molecule has 1 saturated heterocycles. The molecule has 4 rings (SSSR count). The van der Waals surface area contributed by atoms with Crippen LogP contribution in [-0.2, 0) is 4.74 Å². The van der Waals surface area contributed by atoms with E-state index in [1.807, 2.05) is 66.8 Å². The molecule has 0 N–H and O–H groups in total. The van der Waals surface area contributed by atoms with Gasteiger partial charge in [-0.1, -0.05) is 18.2 Å². The van der Waals surface area contributed by atoms with E-state index < -0.39 is 0 Å². The minimum absolute atomic E-state index is 0.0728. The molecule has 25 heavy (non-hydrogen) atoms. The van der Waals surface area contributed by atoms with Gasteiger partial charge in [-0.05, 0) is 39.0 Å². The second kappa shape index (κ2) is 6.28. The van der Waals surface area contributed by atoms with Crippen molar-refractivity contribution in [2.45, 2.75) is 33.0 Å². The van der Waals surface area contributed by atoms with Crippen molar-refractivity contribution in [2.24, 2.45) is 0 Å². The summed E-state index contributed by atoms with van der Waals surface area (Å²) >= 11 is 1.51. The summed E-state index contributed by atoms with van der Waals surface area (Å²) in [7, 11) is 0. The van der Waals surface area contributed by atoms with Gasteiger partial charge in [0.2, 0.25) is 0 Å². The van der Waals surface area contributed by atoms with Crippen LogP contribution in [-0.4, -0.2) is 45.9 Å². The van der Waals surface area contributed by atoms with E-state index in [0.717, 1.165) is 26.5 Å². The number of amides is 1. The van der Waals surface area contributed by atoms with E-state index in [9.17, 15) is 4.79 Å². The lowest BCUT2D eigenvalue weighted by atomic mass is 10.2. The van der Waals surface area contributed by atoms with Gasteiger partial charge in [0.15, 0.2) is 0 Å². The summed E-state index contributed by atoms with van der Waals surface area (Å²) in [5.74, 6) is 0.0854. The minimum atomic E-state index is 0.0728. The Morgan fingerprint density at radius 2 is 1.88 bits per heavy atom. The number of nitrogens with zero attached hydrogens (tertiary/aromatic N) is 3. The number of carbonyl (C=O) groups is 1. The standard InChI is InChI=1S/C19H21N3O2S/c1-12-10-21(11-13(2)24-12)18(23)17-9-16-14(3)20-22(19(16)25-17)15-7-5-4-6-8-15/h4-9,12-13H,10-11H2,1-3H3/t12-,13+. The maximum Gasteiger partial charge on any atom is 0.264 e. The van der Waals surface area contributed by atoms with Crippen molar-refractivity contribution in [3.8, 4) is 5.69 Å². The van der Waals surface area contributed by atoms with Crippen LogP contribution in [0.2, 0.25) is 0 Å². The number of rotatable bonds is 2. The molecule has 5 nitrogen and oxygen atoms in total. The first-order valence-corrected chi connectivity index (χ1v) is 9.34. The van der Waals surface area contributed by atoms with Crippen LogP contribution in [0.1, 0.15) is 29.2 Å². The monoisotopic (exact) mass is 355 g/mol. The Balaban J connectivity index is 1.71. The predicted octanol–water partition coefficient (Wildman–Crippen LogP) is 3.64. The Hall–Kier alpha value is -2.18. The fourth-order valence-corrected chi connectivity index (χ4v) is 4.55. The van der Waals surface area contributed by atoms with Crippen molar-refractivity contribution in [3.05, 3.63) is 47.0 Å². The summed E-state index contributed by atoms with van der Waals surface area (Å²) in [5, 5.41) is 5.69. The molecule has 1 amide bonds. The number of fused-ring (bicyclic) bond motifs is 1. The third-order valence-electron chi connectivity index (χ3n) is 4.46. The third kappa shape index (κ3) is 2.96. The SMILES string of the molecule is Cc1nn(-c2ccccc2)c2sc(C(=O)N3C[C@@H](C)O[C@@H](C)C3)cc12. The maximum absolute atomic E-state index is 13.0. The Labute approximate surface area is 150 Å². The quantitative estimate of drug-likeness (QED) is 0.705. The van der Waals surface area contributed by atoms with Crippen LogP contribution < -0.4 is 0 Å². The number of ether oxygens (including phenoxy) is 1. The highest BCUT2D eigenvalue weighted by Crippen LogP contribution is 2.31. The third-order valence-corrected chi connectivity index (χ3v) is 5.56. The van der Waals surface area contributed by atoms with Crippen LogP contribution in [0.4, 0.5) is 0 Å². The molecule has 1 fully saturated rings. The molecule has 1 aliphatic rings. The number of aryl methyl sites for hydroxylation is 1. The van der Waals surface area contributed by atoms with E-state index in [1.165, 1.54) is 11.3 Å². The molecule has 0 saturated carbocycles. The highest BCUT2D eigenvalue weighted by atomic mass is 32.1. The summed E-state index contributed by atoms with van der Waals surface area (Å²) in [6.45, 7) is 7.29. The summed E-state index contributed by atoms with van der Waals surface area (Å²) < 4.78 is 7.67. The molecular weight excluding hydrogens is 334 g/mol. The van der Waals surface area contributed by atoms with Gasteiger partial charge in [-0.3, -0.25) is 4.79 Å². The molecule has 3 aromatic rings. The number of thiophene rings is 1. The topological polar surface area (TPSA) is 47.4 Å². The van der Waals surface area contributed by atoms with E-state index in [1.54, 1.807) is 0 Å². The van der Waals surface area contributed by atoms with Crippen LogP contribution in [0.15, 0.2) is 36.4 Å². The van der Waals surface area contributed by atoms with Crippen LogP contribution in [0, 0.1) is 6.92 Å². The molecular formula is C19H21N3O2S. The second-order valence-electron chi connectivity index (χ2n) is 6.63. The molecule has 130 valence electrons. The Bertz CT molecular complexity index is 906. The molecule has 3 heterocycles. The molecule has 1 aromatic carbocycles. The number of hydrogen-bond donors (Lipinski definition) is 0. The van der Waals surface area contributed by atoms with E-state index in [-0.39, 0.29) is 18.1 Å². The van der Waals surface area contributed by atoms with Crippen molar-refractivity contribution in [2.75, 3.05) is 13.1 Å². The second-order valence-corrected chi connectivity index (χ2v) is 7.66. The van der Waals surface area contributed by atoms with Gasteiger partial charge < -0.3 is 9.64 Å². The smallest absolute Gasteiger partial charge is 0.264 e. The number of para-hydroxylation sites is 1. The Kier molecular flexibility index (Phi) is 4.09. The van der Waals surface area contributed by atoms with Gasteiger partial charge in [-0.15, -0.1) is 11.3 Å². The van der Waals surface area contributed by atoms with Crippen molar-refractivity contribution in [1.29, 1.82) is 0 Å². The first-order chi connectivity index (χ1) is 12.0. The van der Waals surface area contributed by atoms with E-state index in [2.05, 4.69) is 5.10 Å². The maximum atomic E-state index is 13.0. The highest BCUT2D eigenvalue weighted by Gasteiger charge is 2.28. The molecule has 0 bridgehead atoms. The van der Waals surface area contributed by atoms with Gasteiger partial charge in [0.1, 0.15) is 4.83 Å². The van der Waals surface area contributed by atoms with Crippen LogP contribution in [0.3, 0.4) is 0 Å². The number of hydrogen-bond acceptors (Lipinski definition) is 4. The predicted molar refractivity (Wildman–Crippen MR) is 99.6 cm³/mol. The van der Waals surface area contributed by atoms with E-state index in [0.29, 0.717) is 13.1 Å². The van der Waals surface area contributed by atoms with Crippen molar-refractivity contribution < 1.29 is 9.53 Å². The lowest BCUT2D eigenvalue weighted by Gasteiger charge is -2.35. The molecule has 6 heteroatoms. The number of aromatic nitrogens is 2. The molecule has 0 aliphatic carbocycles. The molecule has 0 unspecified atom stereocenters. The first kappa shape index (κ1) is 16.3. The fourth-order valence-electron chi connectivity index (χ4n) is 3.40. The van der Waals surface area contributed by atoms with Crippen molar-refractivity contribution in [1.82, 2.24) is 14.7 Å². The van der Waals surface area contributed by atoms with Crippen molar-refractivity contribution >= 4 is 27.5 Å². The van der Waals surface area contributed by atoms with Gasteiger partial charge in [0, 0.05) is 18.5 Å². The average Bonchev–Trinajstić information content (AvgIpc) is 3.15. The summed E-state index contributed by atoms with van der Waals surface area (Å²) in [4.78, 5) is 16.7. The lowest BCUT2D eigenvalue weighted by molar-refractivity contribution is -0.0585. The Morgan fingerprint density at radius 3 is 2.56 bits per heavy atom. The molecule has 0 spiro atoms. The number of carbonyl (C=O) groups excluding carboxylic acids is 1. The van der Waals surface area contributed by atoms with Gasteiger partial charge in [0.05, 0.1) is 28.5 Å². The highest BCUT2D eigenvalue weighted by molar-refractivity contribution is 7.20. The van der Waals surface area contributed by atoms with Gasteiger partial charge in [-0.25, -0.2) is 4.68 Å². The summed E-state index contributed by atoms with van der Waals surface area (Å²) in [5.41, 5.74) is 1.95. The zero-order valence-electron chi connectivity index (χ0n) is 14.6. The molecule has 2 atom stereocenters. The molecule has 0 radical (unpaired) electrons. The summed E-state index contributed by atoms with van der Waals surface area (Å²) in [6.07, 6.45) is 0.146. The van der Waals surface area contributed by atoms with Crippen LogP contribution in [0.5, 0.6) is 0 Å². The van der Waals surface area contributed by atoms with Gasteiger partial charge in [0.25, 0.3) is 5.91 Å². The zero-order valence-corrected chi connectivity index (χ0v) is 15.4. The zero-order chi connectivity index (χ0) is 17.6. The first-order valence-electron chi connectivity index (χ1n) is 8.52. The van der Waals surface area contributed by atoms with Crippen molar-refractivity contribution in [3.63, 3.8) is 0 Å². The average molecular weight is 355 g/mol. The number of benzene rings is 1. The van der Waals surface area contributed by atoms with E-state index >= 15 is 0 Å². The summed E-state index contributed by atoms with van der Waals surface area (Å²) in [6, 6.07) is 12.0. The normalized spacial score (nSPS) is 21.0. The van der Waals surface area contributed by atoms with Crippen LogP contribution in [0.25, 0.3) is 15.9 Å².